The van der Waals surface area contributed by atoms with Crippen molar-refractivity contribution in [3.8, 4) is 0 Å². The second-order valence-corrected chi connectivity index (χ2v) is 6.03. The van der Waals surface area contributed by atoms with E-state index < -0.39 is 17.9 Å². The van der Waals surface area contributed by atoms with Gasteiger partial charge in [0.2, 0.25) is 5.91 Å². The second kappa shape index (κ2) is 8.11. The van der Waals surface area contributed by atoms with E-state index in [0.717, 1.165) is 11.1 Å². The third-order valence-electron chi connectivity index (χ3n) is 4.01. The topological polar surface area (TPSA) is 90.0 Å². The van der Waals surface area contributed by atoms with Gasteiger partial charge >= 0.3 is 0 Å². The van der Waals surface area contributed by atoms with Crippen molar-refractivity contribution in [2.75, 3.05) is 0 Å². The van der Waals surface area contributed by atoms with Gasteiger partial charge < -0.3 is 15.6 Å². The molecule has 0 unspecified atom stereocenters. The monoisotopic (exact) mass is 348 g/mol. The molecule has 0 saturated heterocycles. The van der Waals surface area contributed by atoms with Crippen molar-refractivity contribution < 1.29 is 9.59 Å². The van der Waals surface area contributed by atoms with Gasteiger partial charge in [-0.25, -0.2) is 4.98 Å². The Balaban J connectivity index is 1.65. The molecule has 6 heteroatoms. The quantitative estimate of drug-likeness (QED) is 0.682. The zero-order valence-electron chi connectivity index (χ0n) is 14.2. The predicted molar refractivity (Wildman–Crippen MR) is 98.4 cm³/mol. The number of benzene rings is 2. The van der Waals surface area contributed by atoms with E-state index >= 15 is 0 Å². The molecule has 0 bridgehead atoms. The smallest absolute Gasteiger partial charge is 0.272 e. The molecule has 0 aliphatic heterocycles. The highest BCUT2D eigenvalue weighted by molar-refractivity contribution is 5.95. The first kappa shape index (κ1) is 17.4. The molecule has 6 nitrogen and oxygen atoms in total. The Hall–Kier alpha value is -3.41. The molecule has 1 aromatic heterocycles. The van der Waals surface area contributed by atoms with E-state index in [1.54, 1.807) is 12.5 Å². The van der Waals surface area contributed by atoms with E-state index in [0.29, 0.717) is 13.0 Å². The van der Waals surface area contributed by atoms with Crippen molar-refractivity contribution in [1.82, 2.24) is 14.9 Å². The van der Waals surface area contributed by atoms with Gasteiger partial charge in [-0.3, -0.25) is 9.59 Å². The fourth-order valence-corrected chi connectivity index (χ4v) is 2.66. The van der Waals surface area contributed by atoms with Crippen LogP contribution in [0.2, 0.25) is 0 Å². The number of amides is 2. The third-order valence-corrected chi connectivity index (χ3v) is 4.01. The summed E-state index contributed by atoms with van der Waals surface area (Å²) in [6, 6.07) is 18.5. The minimum absolute atomic E-state index is 0.250. The molecule has 2 aromatic carbocycles. The van der Waals surface area contributed by atoms with Crippen LogP contribution in [-0.4, -0.2) is 27.4 Å². The van der Waals surface area contributed by atoms with Crippen LogP contribution < -0.4 is 11.1 Å². The average Bonchev–Trinajstić information content (AvgIpc) is 3.11. The van der Waals surface area contributed by atoms with Gasteiger partial charge in [0, 0.05) is 19.2 Å². The molecule has 1 atom stereocenters. The van der Waals surface area contributed by atoms with Crippen molar-refractivity contribution >= 4 is 11.8 Å². The van der Waals surface area contributed by atoms with Gasteiger partial charge in [0.25, 0.3) is 5.91 Å². The summed E-state index contributed by atoms with van der Waals surface area (Å²) in [5.74, 6) is -0.998. The lowest BCUT2D eigenvalue weighted by atomic mass is 10.1. The number of hydrogen-bond donors (Lipinski definition) is 2. The molecule has 3 N–H and O–H groups in total. The van der Waals surface area contributed by atoms with E-state index in [2.05, 4.69) is 10.3 Å². The number of aromatic nitrogens is 2. The predicted octanol–water partition coefficient (Wildman–Crippen LogP) is 1.76. The summed E-state index contributed by atoms with van der Waals surface area (Å²) in [5.41, 5.74) is 7.72. The maximum absolute atomic E-state index is 12.4. The molecule has 1 heterocycles. The van der Waals surface area contributed by atoms with E-state index in [1.807, 2.05) is 65.2 Å². The minimum atomic E-state index is -0.788. The van der Waals surface area contributed by atoms with Crippen molar-refractivity contribution in [2.24, 2.45) is 5.73 Å². The molecule has 3 aromatic rings. The number of nitrogens with zero attached hydrogens (tertiary/aromatic N) is 2. The van der Waals surface area contributed by atoms with Crippen molar-refractivity contribution in [2.45, 2.75) is 19.0 Å². The van der Waals surface area contributed by atoms with Crippen LogP contribution >= 0.6 is 0 Å². The van der Waals surface area contributed by atoms with Crippen LogP contribution in [0.4, 0.5) is 0 Å². The number of primary amides is 1. The molecule has 26 heavy (non-hydrogen) atoms. The van der Waals surface area contributed by atoms with Crippen molar-refractivity contribution in [3.63, 3.8) is 0 Å². The molecule has 0 saturated carbocycles. The van der Waals surface area contributed by atoms with E-state index in [1.165, 1.54) is 0 Å². The first-order valence-corrected chi connectivity index (χ1v) is 8.31. The highest BCUT2D eigenvalue weighted by Crippen LogP contribution is 2.06. The summed E-state index contributed by atoms with van der Waals surface area (Å²) in [6.07, 6.45) is 3.59. The Morgan fingerprint density at radius 1 is 1.00 bits per heavy atom. The van der Waals surface area contributed by atoms with Crippen molar-refractivity contribution in [1.29, 1.82) is 0 Å². The SMILES string of the molecule is NC(=O)[C@@H](Cc1ccccc1)NC(=O)c1cn(Cc2ccccc2)cn1. The highest BCUT2D eigenvalue weighted by Gasteiger charge is 2.20. The number of nitrogens with one attached hydrogen (secondary N) is 1. The Labute approximate surface area is 151 Å². The van der Waals surface area contributed by atoms with Gasteiger partial charge in [-0.2, -0.15) is 0 Å². The summed E-state index contributed by atoms with van der Waals surface area (Å²) < 4.78 is 1.82. The first-order valence-electron chi connectivity index (χ1n) is 8.31. The first-order chi connectivity index (χ1) is 12.6. The molecule has 0 radical (unpaired) electrons. The van der Waals surface area contributed by atoms with Gasteiger partial charge in [-0.15, -0.1) is 0 Å². The molecular formula is C20H20N4O2. The van der Waals surface area contributed by atoms with Crippen LogP contribution in [0.3, 0.4) is 0 Å². The van der Waals surface area contributed by atoms with E-state index in [9.17, 15) is 9.59 Å². The van der Waals surface area contributed by atoms with Gasteiger partial charge in [0.15, 0.2) is 0 Å². The molecule has 3 rings (SSSR count). The van der Waals surface area contributed by atoms with E-state index in [-0.39, 0.29) is 5.69 Å². The lowest BCUT2D eigenvalue weighted by Crippen LogP contribution is -2.46. The second-order valence-electron chi connectivity index (χ2n) is 6.03. The lowest BCUT2D eigenvalue weighted by Gasteiger charge is -2.14. The number of hydrogen-bond acceptors (Lipinski definition) is 3. The highest BCUT2D eigenvalue weighted by atomic mass is 16.2. The van der Waals surface area contributed by atoms with Crippen molar-refractivity contribution in [3.05, 3.63) is 90.0 Å². The summed E-state index contributed by atoms with van der Waals surface area (Å²) in [4.78, 5) is 28.3. The summed E-state index contributed by atoms with van der Waals surface area (Å²) in [6.45, 7) is 0.615. The maximum atomic E-state index is 12.4. The lowest BCUT2D eigenvalue weighted by molar-refractivity contribution is -0.119. The minimum Gasteiger partial charge on any atom is -0.368 e. The number of carbonyl (C=O) groups is 2. The molecule has 0 aliphatic carbocycles. The standard InChI is InChI=1S/C20H20N4O2/c21-19(25)17(11-15-7-3-1-4-8-15)23-20(26)18-13-24(14-22-18)12-16-9-5-2-6-10-16/h1-10,13-14,17H,11-12H2,(H2,21,25)(H,23,26)/t17-/m1/s1. The fraction of sp³-hybridized carbons (Fsp3) is 0.150. The third kappa shape index (κ3) is 4.57. The Morgan fingerprint density at radius 2 is 1.62 bits per heavy atom. The molecule has 0 spiro atoms. The van der Waals surface area contributed by atoms with Crippen LogP contribution in [-0.2, 0) is 17.8 Å². The van der Waals surface area contributed by atoms with Gasteiger partial charge in [-0.05, 0) is 11.1 Å². The number of imidazole rings is 1. The molecule has 132 valence electrons. The summed E-state index contributed by atoms with van der Waals surface area (Å²) in [7, 11) is 0. The van der Waals surface area contributed by atoms with E-state index in [4.69, 9.17) is 5.73 Å². The molecule has 0 aliphatic rings. The van der Waals surface area contributed by atoms with Gasteiger partial charge in [-0.1, -0.05) is 60.7 Å². The van der Waals surface area contributed by atoms with Crippen LogP contribution in [0.1, 0.15) is 21.6 Å². The van der Waals surface area contributed by atoms with Gasteiger partial charge in [0.05, 0.1) is 6.33 Å². The number of carbonyl (C=O) groups excluding carboxylic acids is 2. The van der Waals surface area contributed by atoms with Crippen LogP contribution in [0.15, 0.2) is 73.2 Å². The largest absolute Gasteiger partial charge is 0.368 e. The molecule has 2 amide bonds. The average molecular weight is 348 g/mol. The maximum Gasteiger partial charge on any atom is 0.272 e. The summed E-state index contributed by atoms with van der Waals surface area (Å²) in [5, 5.41) is 2.67. The fourth-order valence-electron chi connectivity index (χ4n) is 2.66. The Bertz CT molecular complexity index is 875. The van der Waals surface area contributed by atoms with Crippen LogP contribution in [0.25, 0.3) is 0 Å². The molecular weight excluding hydrogens is 328 g/mol. The number of rotatable bonds is 7. The Kier molecular flexibility index (Phi) is 5.43. The normalized spacial score (nSPS) is 11.7. The Morgan fingerprint density at radius 3 is 2.23 bits per heavy atom. The molecule has 0 fully saturated rings. The number of nitrogens with two attached hydrogens (primary N) is 1. The van der Waals surface area contributed by atoms with Crippen LogP contribution in [0.5, 0.6) is 0 Å². The zero-order valence-corrected chi connectivity index (χ0v) is 14.2. The summed E-state index contributed by atoms with van der Waals surface area (Å²) >= 11 is 0. The zero-order chi connectivity index (χ0) is 18.4. The van der Waals surface area contributed by atoms with Crippen LogP contribution in [0, 0.1) is 0 Å². The van der Waals surface area contributed by atoms with Gasteiger partial charge in [0.1, 0.15) is 11.7 Å².